The van der Waals surface area contributed by atoms with Crippen molar-refractivity contribution in [1.82, 2.24) is 15.3 Å². The molecule has 0 bridgehead atoms. The Balaban J connectivity index is 2.56. The Hall–Kier alpha value is -0.960. The predicted octanol–water partition coefficient (Wildman–Crippen LogP) is 1.54. The van der Waals surface area contributed by atoms with Gasteiger partial charge in [0.15, 0.2) is 0 Å². The van der Waals surface area contributed by atoms with Crippen LogP contribution in [0.1, 0.15) is 32.2 Å². The van der Waals surface area contributed by atoms with Gasteiger partial charge in [0.05, 0.1) is 11.4 Å². The van der Waals surface area contributed by atoms with Crippen molar-refractivity contribution in [3.8, 4) is 0 Å². The lowest BCUT2D eigenvalue weighted by atomic mass is 10.3. The van der Waals surface area contributed by atoms with E-state index < -0.39 is 0 Å². The topological polar surface area (TPSA) is 37.8 Å². The van der Waals surface area contributed by atoms with Gasteiger partial charge in [-0.3, -0.25) is 9.97 Å². The number of aryl methyl sites for hydroxylation is 1. The van der Waals surface area contributed by atoms with Gasteiger partial charge in [0.25, 0.3) is 0 Å². The molecular weight excluding hydrogens is 162 g/mol. The molecule has 0 atom stereocenters. The number of nitrogens with one attached hydrogen (secondary N) is 1. The Morgan fingerprint density at radius 3 is 2.62 bits per heavy atom. The maximum Gasteiger partial charge on any atom is 0.0727 e. The van der Waals surface area contributed by atoms with Crippen molar-refractivity contribution in [1.29, 1.82) is 0 Å². The van der Waals surface area contributed by atoms with Crippen LogP contribution in [-0.2, 0) is 13.0 Å². The third kappa shape index (κ3) is 3.51. The Bertz CT molecular complexity index is 258. The Morgan fingerprint density at radius 1 is 1.31 bits per heavy atom. The summed E-state index contributed by atoms with van der Waals surface area (Å²) >= 11 is 0. The molecule has 13 heavy (non-hydrogen) atoms. The SMILES string of the molecule is CCc1cncc(CNC(C)C)n1. The van der Waals surface area contributed by atoms with Gasteiger partial charge in [-0.25, -0.2) is 0 Å². The zero-order chi connectivity index (χ0) is 9.68. The Morgan fingerprint density at radius 2 is 2.00 bits per heavy atom. The van der Waals surface area contributed by atoms with Gasteiger partial charge in [-0.1, -0.05) is 20.8 Å². The van der Waals surface area contributed by atoms with Crippen molar-refractivity contribution in [2.75, 3.05) is 0 Å². The van der Waals surface area contributed by atoms with E-state index in [4.69, 9.17) is 0 Å². The van der Waals surface area contributed by atoms with Gasteiger partial charge >= 0.3 is 0 Å². The van der Waals surface area contributed by atoms with Crippen LogP contribution in [-0.4, -0.2) is 16.0 Å². The molecule has 0 saturated carbocycles. The lowest BCUT2D eigenvalue weighted by Gasteiger charge is -2.07. The third-order valence-corrected chi connectivity index (χ3v) is 1.79. The monoisotopic (exact) mass is 179 g/mol. The average molecular weight is 179 g/mol. The highest BCUT2D eigenvalue weighted by Crippen LogP contribution is 1.97. The number of nitrogens with zero attached hydrogens (tertiary/aromatic N) is 2. The minimum Gasteiger partial charge on any atom is -0.309 e. The van der Waals surface area contributed by atoms with Gasteiger partial charge in [0.1, 0.15) is 0 Å². The van der Waals surface area contributed by atoms with E-state index in [2.05, 4.69) is 36.1 Å². The largest absolute Gasteiger partial charge is 0.309 e. The van der Waals surface area contributed by atoms with Crippen LogP contribution >= 0.6 is 0 Å². The van der Waals surface area contributed by atoms with Crippen LogP contribution in [0.5, 0.6) is 0 Å². The molecule has 0 aliphatic rings. The lowest BCUT2D eigenvalue weighted by Crippen LogP contribution is -2.22. The molecule has 1 aromatic heterocycles. The van der Waals surface area contributed by atoms with E-state index in [9.17, 15) is 0 Å². The van der Waals surface area contributed by atoms with E-state index in [1.165, 1.54) is 0 Å². The Kier molecular flexibility index (Phi) is 3.83. The number of rotatable bonds is 4. The summed E-state index contributed by atoms with van der Waals surface area (Å²) in [6.45, 7) is 7.14. The van der Waals surface area contributed by atoms with E-state index >= 15 is 0 Å². The summed E-state index contributed by atoms with van der Waals surface area (Å²) in [6, 6.07) is 0.493. The van der Waals surface area contributed by atoms with Gasteiger partial charge < -0.3 is 5.32 Å². The first-order valence-electron chi connectivity index (χ1n) is 4.75. The van der Waals surface area contributed by atoms with Gasteiger partial charge in [0.2, 0.25) is 0 Å². The van der Waals surface area contributed by atoms with Crippen molar-refractivity contribution >= 4 is 0 Å². The summed E-state index contributed by atoms with van der Waals surface area (Å²) in [6.07, 6.45) is 4.58. The molecule has 1 heterocycles. The van der Waals surface area contributed by atoms with Crippen molar-refractivity contribution < 1.29 is 0 Å². The predicted molar refractivity (Wildman–Crippen MR) is 53.4 cm³/mol. The fraction of sp³-hybridized carbons (Fsp3) is 0.600. The lowest BCUT2D eigenvalue weighted by molar-refractivity contribution is 0.579. The van der Waals surface area contributed by atoms with Crippen molar-refractivity contribution in [2.45, 2.75) is 39.8 Å². The van der Waals surface area contributed by atoms with Crippen LogP contribution in [0.2, 0.25) is 0 Å². The highest BCUT2D eigenvalue weighted by molar-refractivity contribution is 5.02. The first-order valence-corrected chi connectivity index (χ1v) is 4.75. The summed E-state index contributed by atoms with van der Waals surface area (Å²) in [5, 5.41) is 3.31. The summed E-state index contributed by atoms with van der Waals surface area (Å²) in [4.78, 5) is 8.57. The molecule has 1 aromatic rings. The molecule has 0 spiro atoms. The highest BCUT2D eigenvalue weighted by atomic mass is 14.9. The molecule has 0 fully saturated rings. The zero-order valence-electron chi connectivity index (χ0n) is 8.54. The number of aromatic nitrogens is 2. The van der Waals surface area contributed by atoms with Crippen LogP contribution in [0, 0.1) is 0 Å². The van der Waals surface area contributed by atoms with Crippen LogP contribution < -0.4 is 5.32 Å². The molecule has 0 aliphatic carbocycles. The molecule has 72 valence electrons. The van der Waals surface area contributed by atoms with E-state index in [-0.39, 0.29) is 0 Å². The molecule has 3 heteroatoms. The molecule has 0 amide bonds. The van der Waals surface area contributed by atoms with E-state index in [1.54, 1.807) is 0 Å². The first-order chi connectivity index (χ1) is 6.22. The molecule has 3 nitrogen and oxygen atoms in total. The highest BCUT2D eigenvalue weighted by Gasteiger charge is 1.98. The second-order valence-electron chi connectivity index (χ2n) is 3.39. The number of hydrogen-bond acceptors (Lipinski definition) is 3. The van der Waals surface area contributed by atoms with E-state index in [0.717, 1.165) is 24.4 Å². The van der Waals surface area contributed by atoms with Crippen molar-refractivity contribution in [3.63, 3.8) is 0 Å². The summed E-state index contributed by atoms with van der Waals surface area (Å²) < 4.78 is 0. The molecule has 0 radical (unpaired) electrons. The fourth-order valence-electron chi connectivity index (χ4n) is 1.02. The maximum absolute atomic E-state index is 4.44. The minimum atomic E-state index is 0.493. The van der Waals surface area contributed by atoms with E-state index in [1.807, 2.05) is 12.4 Å². The maximum atomic E-state index is 4.44. The van der Waals surface area contributed by atoms with Crippen LogP contribution in [0.4, 0.5) is 0 Å². The van der Waals surface area contributed by atoms with Gasteiger partial charge in [-0.05, 0) is 6.42 Å². The molecule has 0 aromatic carbocycles. The van der Waals surface area contributed by atoms with Gasteiger partial charge in [0, 0.05) is 25.0 Å². The molecule has 0 unspecified atom stereocenters. The van der Waals surface area contributed by atoms with Crippen molar-refractivity contribution in [3.05, 3.63) is 23.8 Å². The smallest absolute Gasteiger partial charge is 0.0727 e. The second kappa shape index (κ2) is 4.92. The van der Waals surface area contributed by atoms with Crippen molar-refractivity contribution in [2.24, 2.45) is 0 Å². The van der Waals surface area contributed by atoms with Gasteiger partial charge in [-0.2, -0.15) is 0 Å². The number of hydrogen-bond donors (Lipinski definition) is 1. The molecule has 0 aliphatic heterocycles. The van der Waals surface area contributed by atoms with Crippen LogP contribution in [0.25, 0.3) is 0 Å². The quantitative estimate of drug-likeness (QED) is 0.761. The summed E-state index contributed by atoms with van der Waals surface area (Å²) in [5.41, 5.74) is 2.08. The van der Waals surface area contributed by atoms with E-state index in [0.29, 0.717) is 6.04 Å². The van der Waals surface area contributed by atoms with Crippen LogP contribution in [0.3, 0.4) is 0 Å². The van der Waals surface area contributed by atoms with Crippen LogP contribution in [0.15, 0.2) is 12.4 Å². The standard InChI is InChI=1S/C10H17N3/c1-4-9-5-11-6-10(13-9)7-12-8(2)3/h5-6,8,12H,4,7H2,1-3H3. The van der Waals surface area contributed by atoms with Gasteiger partial charge in [-0.15, -0.1) is 0 Å². The Labute approximate surface area is 79.6 Å². The molecule has 1 rings (SSSR count). The minimum absolute atomic E-state index is 0.493. The average Bonchev–Trinajstić information content (AvgIpc) is 2.15. The fourth-order valence-corrected chi connectivity index (χ4v) is 1.02. The molecular formula is C10H17N3. The second-order valence-corrected chi connectivity index (χ2v) is 3.39. The summed E-state index contributed by atoms with van der Waals surface area (Å²) in [5.74, 6) is 0. The first kappa shape index (κ1) is 10.1. The molecule has 1 N–H and O–H groups in total. The third-order valence-electron chi connectivity index (χ3n) is 1.79. The normalized spacial score (nSPS) is 10.8. The summed E-state index contributed by atoms with van der Waals surface area (Å²) in [7, 11) is 0. The zero-order valence-corrected chi connectivity index (χ0v) is 8.54. The molecule has 0 saturated heterocycles.